The first-order valence-electron chi connectivity index (χ1n) is 11.5. The van der Waals surface area contributed by atoms with E-state index in [1.165, 1.54) is 31.2 Å². The fourth-order valence-corrected chi connectivity index (χ4v) is 4.14. The number of benzene rings is 1. The van der Waals surface area contributed by atoms with Gasteiger partial charge in [0.25, 0.3) is 5.91 Å². The number of aromatic nitrogens is 1. The van der Waals surface area contributed by atoms with Crippen molar-refractivity contribution in [2.45, 2.75) is 72.4 Å². The highest BCUT2D eigenvalue weighted by atomic mass is 16.5. The van der Waals surface area contributed by atoms with Crippen LogP contribution in [-0.4, -0.2) is 28.4 Å². The summed E-state index contributed by atoms with van der Waals surface area (Å²) < 4.78 is 5.39. The predicted molar refractivity (Wildman–Crippen MR) is 120 cm³/mol. The summed E-state index contributed by atoms with van der Waals surface area (Å²) in [5, 5.41) is 6.78. The third-order valence-electron chi connectivity index (χ3n) is 5.89. The van der Waals surface area contributed by atoms with Gasteiger partial charge in [-0.1, -0.05) is 74.5 Å². The second-order valence-electron chi connectivity index (χ2n) is 9.20. The van der Waals surface area contributed by atoms with Crippen molar-refractivity contribution in [3.8, 4) is 0 Å². The van der Waals surface area contributed by atoms with E-state index in [-0.39, 0.29) is 17.5 Å². The molecule has 31 heavy (non-hydrogen) atoms. The van der Waals surface area contributed by atoms with Gasteiger partial charge in [-0.3, -0.25) is 9.59 Å². The average molecular weight is 426 g/mol. The van der Waals surface area contributed by atoms with E-state index in [9.17, 15) is 9.59 Å². The second kappa shape index (κ2) is 11.1. The number of rotatable bonds is 10. The van der Waals surface area contributed by atoms with E-state index in [1.54, 1.807) is 6.07 Å². The molecule has 0 spiro atoms. The van der Waals surface area contributed by atoms with E-state index in [4.69, 9.17) is 4.52 Å². The molecular weight excluding hydrogens is 390 g/mol. The van der Waals surface area contributed by atoms with Gasteiger partial charge in [-0.25, -0.2) is 0 Å². The maximum atomic E-state index is 12.8. The van der Waals surface area contributed by atoms with E-state index in [2.05, 4.69) is 24.3 Å². The summed E-state index contributed by atoms with van der Waals surface area (Å²) in [5.41, 5.74) is 2.45. The van der Waals surface area contributed by atoms with Crippen molar-refractivity contribution in [3.63, 3.8) is 0 Å². The molecule has 6 heteroatoms. The Bertz CT molecular complexity index is 851. The van der Waals surface area contributed by atoms with Gasteiger partial charge in [0.2, 0.25) is 5.91 Å². The molecule has 1 aromatic heterocycles. The standard InChI is InChI=1S/C25H35N3O3/c1-18(2)16-28(24(29)13-12-20-6-4-5-7-20)17-22-14-23(27-31-22)25(30)26-15-21-10-8-19(3)9-11-21/h8-11,14,18,20H,4-7,12-13,15-17H2,1-3H3,(H,26,30). The number of nitrogens with one attached hydrogen (secondary N) is 1. The van der Waals surface area contributed by atoms with Crippen molar-refractivity contribution < 1.29 is 14.1 Å². The van der Waals surface area contributed by atoms with Crippen LogP contribution in [0.2, 0.25) is 0 Å². The van der Waals surface area contributed by atoms with E-state index in [0.29, 0.717) is 43.7 Å². The van der Waals surface area contributed by atoms with Crippen molar-refractivity contribution in [1.82, 2.24) is 15.4 Å². The Morgan fingerprint density at radius 2 is 1.90 bits per heavy atom. The molecule has 0 aliphatic heterocycles. The lowest BCUT2D eigenvalue weighted by Gasteiger charge is -2.24. The van der Waals surface area contributed by atoms with Crippen molar-refractivity contribution >= 4 is 11.8 Å². The third-order valence-corrected chi connectivity index (χ3v) is 5.89. The summed E-state index contributed by atoms with van der Waals surface area (Å²) >= 11 is 0. The van der Waals surface area contributed by atoms with Crippen LogP contribution in [0.3, 0.4) is 0 Å². The quantitative estimate of drug-likeness (QED) is 0.589. The highest BCUT2D eigenvalue weighted by Crippen LogP contribution is 2.29. The minimum atomic E-state index is -0.279. The van der Waals surface area contributed by atoms with Crippen LogP contribution < -0.4 is 5.32 Å². The fourth-order valence-electron chi connectivity index (χ4n) is 4.14. The Kier molecular flexibility index (Phi) is 8.27. The molecule has 1 aromatic carbocycles. The highest BCUT2D eigenvalue weighted by Gasteiger charge is 2.22. The van der Waals surface area contributed by atoms with Crippen molar-refractivity contribution in [2.75, 3.05) is 6.54 Å². The SMILES string of the molecule is Cc1ccc(CNC(=O)c2cc(CN(CC(C)C)C(=O)CCC3CCCC3)on2)cc1. The van der Waals surface area contributed by atoms with Crippen LogP contribution in [0.15, 0.2) is 34.9 Å². The number of carbonyl (C=O) groups excluding carboxylic acids is 2. The minimum Gasteiger partial charge on any atom is -0.359 e. The van der Waals surface area contributed by atoms with E-state index >= 15 is 0 Å². The summed E-state index contributed by atoms with van der Waals surface area (Å²) in [6, 6.07) is 9.66. The molecule has 1 N–H and O–H groups in total. The largest absolute Gasteiger partial charge is 0.359 e. The van der Waals surface area contributed by atoms with Crippen LogP contribution >= 0.6 is 0 Å². The molecule has 0 bridgehead atoms. The van der Waals surface area contributed by atoms with Crippen LogP contribution in [-0.2, 0) is 17.9 Å². The molecule has 1 aliphatic carbocycles. The topological polar surface area (TPSA) is 75.4 Å². The fraction of sp³-hybridized carbons (Fsp3) is 0.560. The molecule has 2 amide bonds. The molecule has 168 valence electrons. The number of hydrogen-bond donors (Lipinski definition) is 1. The number of amides is 2. The maximum absolute atomic E-state index is 12.8. The van der Waals surface area contributed by atoms with Gasteiger partial charge in [0.1, 0.15) is 0 Å². The Labute approximate surface area is 185 Å². The van der Waals surface area contributed by atoms with Crippen LogP contribution in [0.4, 0.5) is 0 Å². The van der Waals surface area contributed by atoms with Gasteiger partial charge < -0.3 is 14.7 Å². The molecule has 0 unspecified atom stereocenters. The Morgan fingerprint density at radius 3 is 2.58 bits per heavy atom. The smallest absolute Gasteiger partial charge is 0.273 e. The van der Waals surface area contributed by atoms with E-state index < -0.39 is 0 Å². The lowest BCUT2D eigenvalue weighted by molar-refractivity contribution is -0.133. The molecule has 2 aromatic rings. The van der Waals surface area contributed by atoms with Gasteiger partial charge in [-0.15, -0.1) is 0 Å². The van der Waals surface area contributed by atoms with Gasteiger partial charge >= 0.3 is 0 Å². The second-order valence-corrected chi connectivity index (χ2v) is 9.20. The molecule has 3 rings (SSSR count). The number of aryl methyl sites for hydroxylation is 1. The molecule has 0 radical (unpaired) electrons. The third kappa shape index (κ3) is 7.23. The zero-order chi connectivity index (χ0) is 22.2. The lowest BCUT2D eigenvalue weighted by Crippen LogP contribution is -2.33. The summed E-state index contributed by atoms with van der Waals surface area (Å²) in [5.74, 6) is 1.46. The van der Waals surface area contributed by atoms with Crippen LogP contribution in [0.1, 0.15) is 79.7 Å². The van der Waals surface area contributed by atoms with Gasteiger partial charge in [0, 0.05) is 25.6 Å². The molecule has 6 nitrogen and oxygen atoms in total. The number of carbonyl (C=O) groups is 2. The predicted octanol–water partition coefficient (Wildman–Crippen LogP) is 4.87. The Balaban J connectivity index is 1.54. The Hall–Kier alpha value is -2.63. The van der Waals surface area contributed by atoms with Gasteiger partial charge in [0.05, 0.1) is 6.54 Å². The normalized spacial score (nSPS) is 14.2. The zero-order valence-corrected chi connectivity index (χ0v) is 19.0. The summed E-state index contributed by atoms with van der Waals surface area (Å²) in [6.07, 6.45) is 6.63. The summed E-state index contributed by atoms with van der Waals surface area (Å²) in [4.78, 5) is 27.1. The molecule has 1 aliphatic rings. The van der Waals surface area contributed by atoms with Gasteiger partial charge in [0.15, 0.2) is 11.5 Å². The summed E-state index contributed by atoms with van der Waals surface area (Å²) in [7, 11) is 0. The molecule has 0 saturated heterocycles. The molecular formula is C25H35N3O3. The molecule has 1 heterocycles. The zero-order valence-electron chi connectivity index (χ0n) is 19.0. The van der Waals surface area contributed by atoms with Crippen LogP contribution in [0, 0.1) is 18.8 Å². The van der Waals surface area contributed by atoms with Crippen molar-refractivity contribution in [1.29, 1.82) is 0 Å². The van der Waals surface area contributed by atoms with Crippen molar-refractivity contribution in [3.05, 3.63) is 52.9 Å². The first kappa shape index (κ1) is 23.0. The monoisotopic (exact) mass is 425 g/mol. The lowest BCUT2D eigenvalue weighted by atomic mass is 10.0. The highest BCUT2D eigenvalue weighted by molar-refractivity contribution is 5.92. The van der Waals surface area contributed by atoms with E-state index in [1.807, 2.05) is 36.1 Å². The Morgan fingerprint density at radius 1 is 1.19 bits per heavy atom. The van der Waals surface area contributed by atoms with Gasteiger partial charge in [-0.05, 0) is 30.7 Å². The van der Waals surface area contributed by atoms with Crippen LogP contribution in [0.5, 0.6) is 0 Å². The maximum Gasteiger partial charge on any atom is 0.273 e. The number of nitrogens with zero attached hydrogens (tertiary/aromatic N) is 2. The first-order chi connectivity index (χ1) is 14.9. The first-order valence-corrected chi connectivity index (χ1v) is 11.5. The average Bonchev–Trinajstić information content (AvgIpc) is 3.43. The molecule has 1 fully saturated rings. The summed E-state index contributed by atoms with van der Waals surface area (Å²) in [6.45, 7) is 7.67. The number of hydrogen-bond acceptors (Lipinski definition) is 4. The van der Waals surface area contributed by atoms with Crippen LogP contribution in [0.25, 0.3) is 0 Å². The minimum absolute atomic E-state index is 0.155. The van der Waals surface area contributed by atoms with Gasteiger partial charge in [-0.2, -0.15) is 0 Å². The molecule has 0 atom stereocenters. The molecule has 1 saturated carbocycles. The van der Waals surface area contributed by atoms with E-state index in [0.717, 1.165) is 12.0 Å². The van der Waals surface area contributed by atoms with Crippen molar-refractivity contribution in [2.24, 2.45) is 11.8 Å².